The minimum atomic E-state index is -0.170. The van der Waals surface area contributed by atoms with Gasteiger partial charge in [0.2, 0.25) is 0 Å². The first-order valence-corrected chi connectivity index (χ1v) is 18.4. The van der Waals surface area contributed by atoms with Crippen LogP contribution in [0, 0.1) is 27.7 Å². The number of anilines is 2. The maximum Gasteiger partial charge on any atom is 0.256 e. The summed E-state index contributed by atoms with van der Waals surface area (Å²) in [6.45, 7) is 8.05. The Hall–Kier alpha value is -6.92. The predicted octanol–water partition coefficient (Wildman–Crippen LogP) is 11.4. The van der Waals surface area contributed by atoms with Gasteiger partial charge in [0.15, 0.2) is 0 Å². The van der Waals surface area contributed by atoms with Gasteiger partial charge in [-0.05, 0) is 92.8 Å². The van der Waals surface area contributed by atoms with Crippen molar-refractivity contribution in [2.75, 3.05) is 10.6 Å². The van der Waals surface area contributed by atoms with Crippen LogP contribution in [0.4, 0.5) is 11.4 Å². The highest BCUT2D eigenvalue weighted by Gasteiger charge is 2.21. The average Bonchev–Trinajstić information content (AvgIpc) is 3.19. The SMILES string of the molecule is Cc1ccc(-c2nc3ccccc3c(C(=O)Nc3ccc(Cc4ccc(NC(=O)c5c(C)c(-c6ccc(C)cc6)nc6ccccc56)cc4)cc3)c2C)cc1. The van der Waals surface area contributed by atoms with Crippen molar-refractivity contribution in [2.45, 2.75) is 34.1 Å². The summed E-state index contributed by atoms with van der Waals surface area (Å²) in [5.41, 5.74) is 14.0. The second kappa shape index (κ2) is 14.8. The number of nitrogens with zero attached hydrogens (tertiary/aromatic N) is 2. The number of rotatable bonds is 8. The van der Waals surface area contributed by atoms with E-state index in [-0.39, 0.29) is 11.8 Å². The zero-order valence-corrected chi connectivity index (χ0v) is 31.3. The Morgan fingerprint density at radius 3 is 1.20 bits per heavy atom. The first kappa shape index (κ1) is 35.1. The molecule has 8 aromatic rings. The summed E-state index contributed by atoms with van der Waals surface area (Å²) < 4.78 is 0. The van der Waals surface area contributed by atoms with Gasteiger partial charge in [-0.25, -0.2) is 9.97 Å². The van der Waals surface area contributed by atoms with Crippen molar-refractivity contribution in [3.63, 3.8) is 0 Å². The molecule has 6 aromatic carbocycles. The lowest BCUT2D eigenvalue weighted by Crippen LogP contribution is -2.15. The highest BCUT2D eigenvalue weighted by Crippen LogP contribution is 2.32. The molecule has 2 amide bonds. The molecule has 6 heteroatoms. The van der Waals surface area contributed by atoms with Crippen LogP contribution in [-0.2, 0) is 6.42 Å². The number of fused-ring (bicyclic) bond motifs is 2. The molecular formula is C49H40N4O2. The standard InChI is InChI=1S/C49H40N4O2/c1-30-13-21-36(22-14-30)46-32(3)44(40-9-5-7-11-42(40)52-46)48(54)50-38-25-17-34(18-26-38)29-35-19-27-39(28-20-35)51-49(55)45-33(4)47(37-23-15-31(2)16-24-37)53-43-12-8-6-10-41(43)45/h5-28H,29H2,1-4H3,(H,50,54)(H,51,55). The number of para-hydroxylation sites is 2. The number of aromatic nitrogens is 2. The highest BCUT2D eigenvalue weighted by atomic mass is 16.2. The molecule has 0 unspecified atom stereocenters. The normalized spacial score (nSPS) is 11.1. The van der Waals surface area contributed by atoms with E-state index >= 15 is 0 Å². The molecule has 8 rings (SSSR count). The van der Waals surface area contributed by atoms with Gasteiger partial charge in [0.05, 0.1) is 33.5 Å². The number of hydrogen-bond acceptors (Lipinski definition) is 4. The van der Waals surface area contributed by atoms with Crippen LogP contribution in [0.2, 0.25) is 0 Å². The summed E-state index contributed by atoms with van der Waals surface area (Å²) >= 11 is 0. The van der Waals surface area contributed by atoms with Crippen LogP contribution in [0.25, 0.3) is 44.3 Å². The van der Waals surface area contributed by atoms with E-state index < -0.39 is 0 Å². The van der Waals surface area contributed by atoms with Gasteiger partial charge in [0.25, 0.3) is 11.8 Å². The Bertz CT molecular complexity index is 2530. The largest absolute Gasteiger partial charge is 0.322 e. The molecular weight excluding hydrogens is 677 g/mol. The van der Waals surface area contributed by atoms with Gasteiger partial charge in [0, 0.05) is 33.3 Å². The van der Waals surface area contributed by atoms with E-state index in [0.29, 0.717) is 28.9 Å². The molecule has 2 aromatic heterocycles. The molecule has 0 fully saturated rings. The third kappa shape index (κ3) is 7.22. The van der Waals surface area contributed by atoms with Gasteiger partial charge in [-0.1, -0.05) is 120 Å². The molecule has 0 spiro atoms. The quantitative estimate of drug-likeness (QED) is 0.164. The van der Waals surface area contributed by atoms with E-state index in [1.54, 1.807) is 0 Å². The fraction of sp³-hybridized carbons (Fsp3) is 0.102. The minimum absolute atomic E-state index is 0.170. The van der Waals surface area contributed by atoms with Crippen LogP contribution in [0.15, 0.2) is 146 Å². The molecule has 0 bridgehead atoms. The molecule has 0 aliphatic heterocycles. The zero-order valence-electron chi connectivity index (χ0n) is 31.3. The van der Waals surface area contributed by atoms with Crippen molar-refractivity contribution >= 4 is 45.0 Å². The number of hydrogen-bond donors (Lipinski definition) is 2. The first-order chi connectivity index (χ1) is 26.7. The van der Waals surface area contributed by atoms with Gasteiger partial charge in [-0.2, -0.15) is 0 Å². The van der Waals surface area contributed by atoms with Gasteiger partial charge in [-0.3, -0.25) is 9.59 Å². The second-order valence-corrected chi connectivity index (χ2v) is 14.2. The molecule has 6 nitrogen and oxygen atoms in total. The van der Waals surface area contributed by atoms with Gasteiger partial charge in [-0.15, -0.1) is 0 Å². The van der Waals surface area contributed by atoms with Crippen molar-refractivity contribution < 1.29 is 9.59 Å². The zero-order chi connectivity index (χ0) is 38.1. The Morgan fingerprint density at radius 1 is 0.455 bits per heavy atom. The van der Waals surface area contributed by atoms with Crippen molar-refractivity contribution in [1.29, 1.82) is 0 Å². The van der Waals surface area contributed by atoms with E-state index in [0.717, 1.165) is 66.6 Å². The molecule has 55 heavy (non-hydrogen) atoms. The number of nitrogens with one attached hydrogen (secondary N) is 2. The lowest BCUT2D eigenvalue weighted by molar-refractivity contribution is 0.101. The number of pyridine rings is 2. The third-order valence-electron chi connectivity index (χ3n) is 10.2. The van der Waals surface area contributed by atoms with Crippen LogP contribution in [0.5, 0.6) is 0 Å². The highest BCUT2D eigenvalue weighted by molar-refractivity contribution is 6.15. The van der Waals surface area contributed by atoms with Crippen LogP contribution in [-0.4, -0.2) is 21.8 Å². The fourth-order valence-electron chi connectivity index (χ4n) is 7.22. The number of benzene rings is 6. The molecule has 268 valence electrons. The topological polar surface area (TPSA) is 84.0 Å². The molecule has 0 saturated heterocycles. The fourth-order valence-corrected chi connectivity index (χ4v) is 7.22. The Morgan fingerprint density at radius 2 is 0.818 bits per heavy atom. The molecule has 0 saturated carbocycles. The smallest absolute Gasteiger partial charge is 0.256 e. The first-order valence-electron chi connectivity index (χ1n) is 18.4. The maximum atomic E-state index is 13.9. The Labute approximate surface area is 320 Å². The number of carbonyl (C=O) groups is 2. The van der Waals surface area contributed by atoms with E-state index in [9.17, 15) is 9.59 Å². The van der Waals surface area contributed by atoms with E-state index in [4.69, 9.17) is 9.97 Å². The summed E-state index contributed by atoms with van der Waals surface area (Å²) in [6, 6.07) is 47.9. The lowest BCUT2D eigenvalue weighted by Gasteiger charge is -2.15. The summed E-state index contributed by atoms with van der Waals surface area (Å²) in [5, 5.41) is 7.90. The number of aryl methyl sites for hydroxylation is 2. The average molecular weight is 717 g/mol. The van der Waals surface area contributed by atoms with Crippen LogP contribution in [0.3, 0.4) is 0 Å². The molecule has 0 radical (unpaired) electrons. The summed E-state index contributed by atoms with van der Waals surface area (Å²) in [6.07, 6.45) is 0.699. The molecule has 2 N–H and O–H groups in total. The van der Waals surface area contributed by atoms with Gasteiger partial charge >= 0.3 is 0 Å². The molecule has 0 aliphatic carbocycles. The monoisotopic (exact) mass is 716 g/mol. The van der Waals surface area contributed by atoms with E-state index in [2.05, 4.69) is 73.0 Å². The minimum Gasteiger partial charge on any atom is -0.322 e. The van der Waals surface area contributed by atoms with Crippen molar-refractivity contribution in [2.24, 2.45) is 0 Å². The van der Waals surface area contributed by atoms with Crippen LogP contribution in [0.1, 0.15) is 54.1 Å². The predicted molar refractivity (Wildman–Crippen MR) is 225 cm³/mol. The van der Waals surface area contributed by atoms with Gasteiger partial charge in [0.1, 0.15) is 0 Å². The third-order valence-corrected chi connectivity index (χ3v) is 10.2. The summed E-state index contributed by atoms with van der Waals surface area (Å²) in [5.74, 6) is -0.340. The lowest BCUT2D eigenvalue weighted by atomic mass is 9.96. The van der Waals surface area contributed by atoms with Crippen molar-refractivity contribution in [3.8, 4) is 22.5 Å². The van der Waals surface area contributed by atoms with Gasteiger partial charge < -0.3 is 10.6 Å². The van der Waals surface area contributed by atoms with E-state index in [1.165, 1.54) is 11.1 Å². The van der Waals surface area contributed by atoms with Crippen LogP contribution >= 0.6 is 0 Å². The second-order valence-electron chi connectivity index (χ2n) is 14.2. The molecule has 0 aliphatic rings. The van der Waals surface area contributed by atoms with Crippen molar-refractivity contribution in [1.82, 2.24) is 9.97 Å². The van der Waals surface area contributed by atoms with Crippen LogP contribution < -0.4 is 10.6 Å². The number of carbonyl (C=O) groups excluding carboxylic acids is 2. The summed E-state index contributed by atoms with van der Waals surface area (Å²) in [4.78, 5) is 37.6. The number of amides is 2. The maximum absolute atomic E-state index is 13.9. The van der Waals surface area contributed by atoms with E-state index in [1.807, 2.05) is 111 Å². The summed E-state index contributed by atoms with van der Waals surface area (Å²) in [7, 11) is 0. The Balaban J connectivity index is 0.970. The molecule has 2 heterocycles. The Kier molecular flexibility index (Phi) is 9.48. The molecule has 0 atom stereocenters. The van der Waals surface area contributed by atoms with Crippen molar-refractivity contribution in [3.05, 3.63) is 190 Å².